The molecule has 1 aliphatic heterocycles. The molecule has 0 aromatic rings. The summed E-state index contributed by atoms with van der Waals surface area (Å²) < 4.78 is 0. The molecule has 0 spiro atoms. The minimum atomic E-state index is -0.724. The van der Waals surface area contributed by atoms with Crippen molar-refractivity contribution in [3.8, 4) is 0 Å². The number of carbonyl (C=O) groups is 1. The van der Waals surface area contributed by atoms with Crippen LogP contribution in [0, 0.1) is 5.92 Å². The molecule has 82 valence electrons. The van der Waals surface area contributed by atoms with E-state index >= 15 is 0 Å². The lowest BCUT2D eigenvalue weighted by molar-refractivity contribution is -0.136. The molecule has 0 radical (unpaired) electrons. The molecular formula is C10H20N2O2. The van der Waals surface area contributed by atoms with Gasteiger partial charge in [-0.05, 0) is 38.9 Å². The van der Waals surface area contributed by atoms with Crippen LogP contribution in [0.4, 0.5) is 0 Å². The van der Waals surface area contributed by atoms with Gasteiger partial charge in [-0.15, -0.1) is 0 Å². The lowest BCUT2D eigenvalue weighted by Crippen LogP contribution is -2.37. The lowest BCUT2D eigenvalue weighted by atomic mass is 9.98. The van der Waals surface area contributed by atoms with Gasteiger partial charge in [0, 0.05) is 13.1 Å². The van der Waals surface area contributed by atoms with E-state index in [-0.39, 0.29) is 6.42 Å². The standard InChI is InChI=1S/C10H20N2O2/c1-12-6-2-3-9(8-12)7-11-5-4-10(13)14/h9,11H,2-8H2,1H3,(H,13,14). The molecule has 1 fully saturated rings. The van der Waals surface area contributed by atoms with Crippen molar-refractivity contribution in [2.75, 3.05) is 33.2 Å². The van der Waals surface area contributed by atoms with Crippen molar-refractivity contribution in [3.05, 3.63) is 0 Å². The second-order valence-electron chi connectivity index (χ2n) is 4.12. The number of nitrogens with one attached hydrogen (secondary N) is 1. The largest absolute Gasteiger partial charge is 0.481 e. The topological polar surface area (TPSA) is 52.6 Å². The Morgan fingerprint density at radius 3 is 3.07 bits per heavy atom. The van der Waals surface area contributed by atoms with E-state index in [1.54, 1.807) is 0 Å². The average molecular weight is 200 g/mol. The predicted molar refractivity (Wildman–Crippen MR) is 55.3 cm³/mol. The zero-order valence-electron chi connectivity index (χ0n) is 8.83. The number of nitrogens with zero attached hydrogens (tertiary/aromatic N) is 1. The number of hydrogen-bond acceptors (Lipinski definition) is 3. The van der Waals surface area contributed by atoms with Gasteiger partial charge in [0.25, 0.3) is 0 Å². The van der Waals surface area contributed by atoms with Crippen LogP contribution in [0.5, 0.6) is 0 Å². The lowest BCUT2D eigenvalue weighted by Gasteiger charge is -2.29. The van der Waals surface area contributed by atoms with Crippen molar-refractivity contribution >= 4 is 5.97 Å². The number of hydrogen-bond donors (Lipinski definition) is 2. The van der Waals surface area contributed by atoms with E-state index in [9.17, 15) is 4.79 Å². The van der Waals surface area contributed by atoms with E-state index in [2.05, 4.69) is 17.3 Å². The zero-order valence-corrected chi connectivity index (χ0v) is 8.83. The van der Waals surface area contributed by atoms with Gasteiger partial charge in [-0.2, -0.15) is 0 Å². The number of piperidine rings is 1. The molecule has 0 bridgehead atoms. The Morgan fingerprint density at radius 1 is 1.64 bits per heavy atom. The first kappa shape index (κ1) is 11.5. The van der Waals surface area contributed by atoms with Crippen molar-refractivity contribution in [2.24, 2.45) is 5.92 Å². The number of rotatable bonds is 5. The number of carboxylic acids is 1. The third kappa shape index (κ3) is 4.58. The zero-order chi connectivity index (χ0) is 10.4. The normalized spacial score (nSPS) is 23.6. The maximum atomic E-state index is 10.3. The summed E-state index contributed by atoms with van der Waals surface area (Å²) in [5.74, 6) is -0.0270. The van der Waals surface area contributed by atoms with Gasteiger partial charge in [0.1, 0.15) is 0 Å². The van der Waals surface area contributed by atoms with Gasteiger partial charge in [0.15, 0.2) is 0 Å². The smallest absolute Gasteiger partial charge is 0.304 e. The van der Waals surface area contributed by atoms with E-state index < -0.39 is 5.97 Å². The first-order chi connectivity index (χ1) is 6.68. The van der Waals surface area contributed by atoms with E-state index in [1.807, 2.05) is 0 Å². The SMILES string of the molecule is CN1CCCC(CNCCC(=O)O)C1. The maximum Gasteiger partial charge on any atom is 0.304 e. The summed E-state index contributed by atoms with van der Waals surface area (Å²) in [6.45, 7) is 3.89. The summed E-state index contributed by atoms with van der Waals surface area (Å²) in [6.07, 6.45) is 2.76. The molecule has 1 aliphatic rings. The predicted octanol–water partition coefficient (Wildman–Crippen LogP) is 0.393. The summed E-state index contributed by atoms with van der Waals surface area (Å²) in [5, 5.41) is 11.6. The van der Waals surface area contributed by atoms with Gasteiger partial charge in [0.2, 0.25) is 0 Å². The molecule has 4 heteroatoms. The third-order valence-corrected chi connectivity index (χ3v) is 2.67. The molecule has 0 aromatic heterocycles. The molecule has 0 aromatic carbocycles. The van der Waals surface area contributed by atoms with Crippen LogP contribution in [0.25, 0.3) is 0 Å². The molecule has 2 N–H and O–H groups in total. The second-order valence-corrected chi connectivity index (χ2v) is 4.12. The molecule has 0 aliphatic carbocycles. The molecule has 1 rings (SSSR count). The summed E-state index contributed by atoms with van der Waals surface area (Å²) in [4.78, 5) is 12.6. The van der Waals surface area contributed by atoms with Crippen molar-refractivity contribution in [1.29, 1.82) is 0 Å². The molecule has 1 unspecified atom stereocenters. The summed E-state index contributed by atoms with van der Waals surface area (Å²) in [7, 11) is 2.14. The highest BCUT2D eigenvalue weighted by atomic mass is 16.4. The Kier molecular flexibility index (Phi) is 4.90. The molecule has 4 nitrogen and oxygen atoms in total. The van der Waals surface area contributed by atoms with E-state index in [1.165, 1.54) is 19.4 Å². The molecular weight excluding hydrogens is 180 g/mol. The Bertz CT molecular complexity index is 185. The quantitative estimate of drug-likeness (QED) is 0.630. The van der Waals surface area contributed by atoms with Gasteiger partial charge in [0.05, 0.1) is 6.42 Å². The Hall–Kier alpha value is -0.610. The van der Waals surface area contributed by atoms with Crippen LogP contribution in [-0.4, -0.2) is 49.2 Å². The highest BCUT2D eigenvalue weighted by molar-refractivity contribution is 5.66. The number of aliphatic carboxylic acids is 1. The van der Waals surface area contributed by atoms with Crippen LogP contribution >= 0.6 is 0 Å². The Labute approximate surface area is 85.3 Å². The van der Waals surface area contributed by atoms with Crippen molar-refractivity contribution in [1.82, 2.24) is 10.2 Å². The van der Waals surface area contributed by atoms with Gasteiger partial charge in [-0.25, -0.2) is 0 Å². The summed E-state index contributed by atoms with van der Waals surface area (Å²) >= 11 is 0. The van der Waals surface area contributed by atoms with Gasteiger partial charge in [-0.3, -0.25) is 4.79 Å². The van der Waals surface area contributed by atoms with E-state index in [0.717, 1.165) is 13.1 Å². The maximum absolute atomic E-state index is 10.3. The van der Waals surface area contributed by atoms with Crippen LogP contribution in [0.2, 0.25) is 0 Å². The monoisotopic (exact) mass is 200 g/mol. The number of likely N-dealkylation sites (tertiary alicyclic amines) is 1. The van der Waals surface area contributed by atoms with E-state index in [0.29, 0.717) is 12.5 Å². The van der Waals surface area contributed by atoms with Crippen LogP contribution < -0.4 is 5.32 Å². The van der Waals surface area contributed by atoms with Crippen molar-refractivity contribution in [2.45, 2.75) is 19.3 Å². The Morgan fingerprint density at radius 2 is 2.43 bits per heavy atom. The molecule has 1 saturated heterocycles. The fourth-order valence-electron chi connectivity index (χ4n) is 1.94. The average Bonchev–Trinajstić information content (AvgIpc) is 2.12. The summed E-state index contributed by atoms with van der Waals surface area (Å²) in [5.41, 5.74) is 0. The van der Waals surface area contributed by atoms with Crippen LogP contribution in [0.1, 0.15) is 19.3 Å². The minimum Gasteiger partial charge on any atom is -0.481 e. The number of carboxylic acid groups (broad SMARTS) is 1. The first-order valence-electron chi connectivity index (χ1n) is 5.29. The molecule has 1 atom stereocenters. The highest BCUT2D eigenvalue weighted by Gasteiger charge is 2.16. The molecule has 1 heterocycles. The fourth-order valence-corrected chi connectivity index (χ4v) is 1.94. The van der Waals surface area contributed by atoms with Gasteiger partial charge >= 0.3 is 5.97 Å². The minimum absolute atomic E-state index is 0.225. The van der Waals surface area contributed by atoms with Gasteiger partial charge in [-0.1, -0.05) is 0 Å². The van der Waals surface area contributed by atoms with Crippen LogP contribution in [0.15, 0.2) is 0 Å². The molecule has 14 heavy (non-hydrogen) atoms. The third-order valence-electron chi connectivity index (χ3n) is 2.67. The van der Waals surface area contributed by atoms with Crippen molar-refractivity contribution < 1.29 is 9.90 Å². The van der Waals surface area contributed by atoms with E-state index in [4.69, 9.17) is 5.11 Å². The first-order valence-corrected chi connectivity index (χ1v) is 5.29. The molecule has 0 saturated carbocycles. The van der Waals surface area contributed by atoms with Crippen LogP contribution in [-0.2, 0) is 4.79 Å². The van der Waals surface area contributed by atoms with Crippen molar-refractivity contribution in [3.63, 3.8) is 0 Å². The highest BCUT2D eigenvalue weighted by Crippen LogP contribution is 2.13. The van der Waals surface area contributed by atoms with Gasteiger partial charge < -0.3 is 15.3 Å². The molecule has 0 amide bonds. The van der Waals surface area contributed by atoms with Crippen LogP contribution in [0.3, 0.4) is 0 Å². The Balaban J connectivity index is 2.03. The summed E-state index contributed by atoms with van der Waals surface area (Å²) in [6, 6.07) is 0. The second kappa shape index (κ2) is 5.98. The fraction of sp³-hybridized carbons (Fsp3) is 0.900.